The van der Waals surface area contributed by atoms with E-state index in [1.807, 2.05) is 0 Å². The summed E-state index contributed by atoms with van der Waals surface area (Å²) in [6, 6.07) is 69.3. The van der Waals surface area contributed by atoms with Crippen LogP contribution < -0.4 is 4.90 Å². The summed E-state index contributed by atoms with van der Waals surface area (Å²) in [4.78, 5) is 2.45. The molecular formula is C58H43NO. The van der Waals surface area contributed by atoms with Crippen LogP contribution in [0.5, 0.6) is 0 Å². The maximum atomic E-state index is 6.62. The maximum Gasteiger partial charge on any atom is 0.143 e. The molecule has 0 amide bonds. The SMILES string of the molecule is CC1(C)c2ccccc2-c2ccc(N(c3ccc(-c4ccc5oc6c7ccccc7c(-c7ccccc7)cc6c5c4)cc3)c3ccc4c(c3)C(C)(C)c3ccccc3-4)cc21. The highest BCUT2D eigenvalue weighted by Gasteiger charge is 2.37. The number of nitrogens with zero attached hydrogens (tertiary/aromatic N) is 1. The molecular weight excluding hydrogens is 727 g/mol. The van der Waals surface area contributed by atoms with Crippen LogP contribution in [0.1, 0.15) is 49.9 Å². The average molecular weight is 770 g/mol. The van der Waals surface area contributed by atoms with Gasteiger partial charge in [0.15, 0.2) is 0 Å². The zero-order valence-electron chi connectivity index (χ0n) is 34.3. The van der Waals surface area contributed by atoms with Crippen molar-refractivity contribution >= 4 is 49.8 Å². The maximum absolute atomic E-state index is 6.62. The Kier molecular flexibility index (Phi) is 7.36. The molecule has 12 rings (SSSR count). The van der Waals surface area contributed by atoms with Gasteiger partial charge in [-0.25, -0.2) is 0 Å². The van der Waals surface area contributed by atoms with Crippen molar-refractivity contribution in [3.8, 4) is 44.5 Å². The van der Waals surface area contributed by atoms with Crippen LogP contribution in [-0.2, 0) is 10.8 Å². The van der Waals surface area contributed by atoms with E-state index in [2.05, 4.69) is 221 Å². The highest BCUT2D eigenvalue weighted by molar-refractivity contribution is 6.19. The second-order valence-electron chi connectivity index (χ2n) is 17.7. The summed E-state index contributed by atoms with van der Waals surface area (Å²) in [6.45, 7) is 9.45. The van der Waals surface area contributed by atoms with Gasteiger partial charge in [-0.15, -0.1) is 0 Å². The lowest BCUT2D eigenvalue weighted by Gasteiger charge is -2.30. The van der Waals surface area contributed by atoms with Gasteiger partial charge in [-0.1, -0.05) is 161 Å². The Bertz CT molecular complexity index is 3260. The molecule has 0 atom stereocenters. The third kappa shape index (κ3) is 5.01. The number of benzene rings is 9. The van der Waals surface area contributed by atoms with Gasteiger partial charge in [-0.2, -0.15) is 0 Å². The molecule has 0 saturated carbocycles. The molecule has 0 spiro atoms. The second-order valence-corrected chi connectivity index (χ2v) is 17.7. The van der Waals surface area contributed by atoms with Crippen molar-refractivity contribution < 1.29 is 4.42 Å². The molecule has 0 aliphatic heterocycles. The molecule has 60 heavy (non-hydrogen) atoms. The molecule has 0 saturated heterocycles. The third-order valence-corrected chi connectivity index (χ3v) is 13.7. The summed E-state index contributed by atoms with van der Waals surface area (Å²) in [7, 11) is 0. The van der Waals surface area contributed by atoms with E-state index in [4.69, 9.17) is 4.42 Å². The number of hydrogen-bond acceptors (Lipinski definition) is 2. The Morgan fingerprint density at radius 2 is 0.850 bits per heavy atom. The van der Waals surface area contributed by atoms with E-state index in [1.165, 1.54) is 61.0 Å². The van der Waals surface area contributed by atoms with Crippen LogP contribution >= 0.6 is 0 Å². The minimum Gasteiger partial charge on any atom is -0.455 e. The lowest BCUT2D eigenvalue weighted by molar-refractivity contribution is 0.660. The fourth-order valence-electron chi connectivity index (χ4n) is 10.5. The average Bonchev–Trinajstić information content (AvgIpc) is 3.86. The predicted octanol–water partition coefficient (Wildman–Crippen LogP) is 16.2. The first-order chi connectivity index (χ1) is 29.3. The molecule has 10 aromatic rings. The molecule has 0 radical (unpaired) electrons. The number of rotatable bonds is 5. The Morgan fingerprint density at radius 3 is 1.48 bits per heavy atom. The van der Waals surface area contributed by atoms with Crippen LogP contribution in [-0.4, -0.2) is 0 Å². The molecule has 2 aliphatic carbocycles. The topological polar surface area (TPSA) is 16.4 Å². The van der Waals surface area contributed by atoms with Gasteiger partial charge in [-0.05, 0) is 127 Å². The molecule has 9 aromatic carbocycles. The lowest BCUT2D eigenvalue weighted by Crippen LogP contribution is -2.18. The minimum absolute atomic E-state index is 0.108. The second kappa shape index (κ2) is 12.7. The molecule has 0 bridgehead atoms. The van der Waals surface area contributed by atoms with Crippen LogP contribution in [0.15, 0.2) is 192 Å². The van der Waals surface area contributed by atoms with Gasteiger partial charge in [0.2, 0.25) is 0 Å². The van der Waals surface area contributed by atoms with E-state index < -0.39 is 0 Å². The number of anilines is 3. The Morgan fingerprint density at radius 1 is 0.333 bits per heavy atom. The van der Waals surface area contributed by atoms with Crippen LogP contribution in [0, 0.1) is 0 Å². The van der Waals surface area contributed by atoms with Gasteiger partial charge in [0.1, 0.15) is 11.2 Å². The standard InChI is InChI=1S/C58H43NO/c1-57(2)51-20-12-10-17-43(51)45-29-27-40(33-53(45)57)59(41-28-30-46-44-18-11-13-21-52(44)58(3,4)54(46)34-41)39-25-22-36(23-26-39)38-24-31-55-49(32-38)50-35-48(37-14-6-5-7-15-37)42-16-8-9-19-47(42)56(50)60-55/h5-35H,1-4H3. The van der Waals surface area contributed by atoms with E-state index in [0.717, 1.165) is 55.5 Å². The Hall–Kier alpha value is -7.16. The van der Waals surface area contributed by atoms with Crippen molar-refractivity contribution in [3.05, 3.63) is 210 Å². The van der Waals surface area contributed by atoms with Gasteiger partial charge >= 0.3 is 0 Å². The fourth-order valence-corrected chi connectivity index (χ4v) is 10.5. The molecule has 286 valence electrons. The van der Waals surface area contributed by atoms with E-state index in [0.29, 0.717) is 0 Å². The summed E-state index contributed by atoms with van der Waals surface area (Å²) in [5.74, 6) is 0. The molecule has 2 nitrogen and oxygen atoms in total. The van der Waals surface area contributed by atoms with Gasteiger partial charge in [0, 0.05) is 44.1 Å². The van der Waals surface area contributed by atoms with E-state index in [-0.39, 0.29) is 10.8 Å². The van der Waals surface area contributed by atoms with Crippen molar-refractivity contribution in [1.29, 1.82) is 0 Å². The highest BCUT2D eigenvalue weighted by atomic mass is 16.3. The largest absolute Gasteiger partial charge is 0.455 e. The smallest absolute Gasteiger partial charge is 0.143 e. The first-order valence-corrected chi connectivity index (χ1v) is 21.1. The van der Waals surface area contributed by atoms with Gasteiger partial charge < -0.3 is 9.32 Å². The predicted molar refractivity (Wildman–Crippen MR) is 252 cm³/mol. The molecule has 1 heterocycles. The number of hydrogen-bond donors (Lipinski definition) is 0. The van der Waals surface area contributed by atoms with Crippen LogP contribution in [0.4, 0.5) is 17.1 Å². The lowest BCUT2D eigenvalue weighted by atomic mass is 9.82. The van der Waals surface area contributed by atoms with Crippen molar-refractivity contribution in [2.24, 2.45) is 0 Å². The molecule has 0 unspecified atom stereocenters. The van der Waals surface area contributed by atoms with E-state index in [9.17, 15) is 0 Å². The van der Waals surface area contributed by atoms with E-state index >= 15 is 0 Å². The number of furan rings is 1. The van der Waals surface area contributed by atoms with Gasteiger partial charge in [0.25, 0.3) is 0 Å². The first kappa shape index (κ1) is 34.8. The van der Waals surface area contributed by atoms with E-state index in [1.54, 1.807) is 0 Å². The fraction of sp³-hybridized carbons (Fsp3) is 0.103. The Balaban J connectivity index is 0.988. The summed E-state index contributed by atoms with van der Waals surface area (Å²) in [6.07, 6.45) is 0. The van der Waals surface area contributed by atoms with Crippen molar-refractivity contribution in [2.75, 3.05) is 4.90 Å². The van der Waals surface area contributed by atoms with Crippen LogP contribution in [0.25, 0.3) is 77.2 Å². The normalized spacial score (nSPS) is 14.3. The minimum atomic E-state index is -0.108. The number of fused-ring (bicyclic) bond motifs is 11. The zero-order valence-corrected chi connectivity index (χ0v) is 34.3. The molecule has 2 aliphatic rings. The molecule has 0 fully saturated rings. The van der Waals surface area contributed by atoms with Crippen molar-refractivity contribution in [3.63, 3.8) is 0 Å². The highest BCUT2D eigenvalue weighted by Crippen LogP contribution is 2.53. The Labute approximate surface area is 351 Å². The molecule has 1 aromatic heterocycles. The summed E-state index contributed by atoms with van der Waals surface area (Å²) in [5.41, 5.74) is 20.6. The first-order valence-electron chi connectivity index (χ1n) is 21.1. The summed E-state index contributed by atoms with van der Waals surface area (Å²) in [5, 5.41) is 4.59. The zero-order chi connectivity index (χ0) is 40.3. The third-order valence-electron chi connectivity index (χ3n) is 13.7. The summed E-state index contributed by atoms with van der Waals surface area (Å²) < 4.78 is 6.62. The van der Waals surface area contributed by atoms with Crippen molar-refractivity contribution in [1.82, 2.24) is 0 Å². The van der Waals surface area contributed by atoms with Gasteiger partial charge in [-0.3, -0.25) is 0 Å². The van der Waals surface area contributed by atoms with Crippen LogP contribution in [0.3, 0.4) is 0 Å². The summed E-state index contributed by atoms with van der Waals surface area (Å²) >= 11 is 0. The quantitative estimate of drug-likeness (QED) is 0.173. The van der Waals surface area contributed by atoms with Crippen molar-refractivity contribution in [2.45, 2.75) is 38.5 Å². The van der Waals surface area contributed by atoms with Gasteiger partial charge in [0.05, 0.1) is 0 Å². The monoisotopic (exact) mass is 769 g/mol. The molecule has 0 N–H and O–H groups in total. The molecule has 2 heteroatoms. The van der Waals surface area contributed by atoms with Crippen LogP contribution in [0.2, 0.25) is 0 Å².